The number of carbonyl (C=O) groups excluding carboxylic acids is 1. The van der Waals surface area contributed by atoms with Gasteiger partial charge in [0.1, 0.15) is 0 Å². The summed E-state index contributed by atoms with van der Waals surface area (Å²) in [5, 5.41) is 0.428. The maximum Gasteiger partial charge on any atom is 0.281 e. The lowest BCUT2D eigenvalue weighted by Crippen LogP contribution is -2.24. The van der Waals surface area contributed by atoms with Crippen molar-refractivity contribution in [2.75, 3.05) is 21.3 Å². The molecular weight excluding hydrogens is 372 g/mol. The predicted molar refractivity (Wildman–Crippen MR) is 112 cm³/mol. The molecule has 8 nitrogen and oxygen atoms in total. The minimum atomic E-state index is -0.613. The Kier molecular flexibility index (Phi) is 5.54. The Morgan fingerprint density at radius 1 is 1.00 bits per heavy atom. The number of aryl methyl sites for hydroxylation is 1. The van der Waals surface area contributed by atoms with Crippen LogP contribution in [0.5, 0.6) is 17.2 Å². The van der Waals surface area contributed by atoms with Gasteiger partial charge in [0.25, 0.3) is 5.91 Å². The van der Waals surface area contributed by atoms with E-state index in [0.717, 1.165) is 11.1 Å². The van der Waals surface area contributed by atoms with E-state index >= 15 is 0 Å². The van der Waals surface area contributed by atoms with Gasteiger partial charge in [-0.25, -0.2) is 4.98 Å². The fourth-order valence-electron chi connectivity index (χ4n) is 3.21. The molecule has 0 fully saturated rings. The Morgan fingerprint density at radius 3 is 2.28 bits per heavy atom. The monoisotopic (exact) mass is 394 g/mol. The highest BCUT2D eigenvalue weighted by atomic mass is 16.5. The number of rotatable bonds is 5. The number of guanidine groups is 1. The molecule has 150 valence electrons. The summed E-state index contributed by atoms with van der Waals surface area (Å²) in [5.74, 6) is 0.118. The molecular formula is C21H22N4O4. The lowest BCUT2D eigenvalue weighted by atomic mass is 9.99. The number of methoxy groups -OCH3 is 3. The lowest BCUT2D eigenvalue weighted by Gasteiger charge is -2.17. The second-order valence-corrected chi connectivity index (χ2v) is 6.25. The summed E-state index contributed by atoms with van der Waals surface area (Å²) < 4.78 is 16.4. The van der Waals surface area contributed by atoms with Crippen molar-refractivity contribution >= 4 is 22.8 Å². The van der Waals surface area contributed by atoms with Gasteiger partial charge >= 0.3 is 0 Å². The van der Waals surface area contributed by atoms with E-state index < -0.39 is 5.91 Å². The highest BCUT2D eigenvalue weighted by molar-refractivity contribution is 6.13. The Morgan fingerprint density at radius 2 is 1.69 bits per heavy atom. The molecule has 3 aromatic rings. The third kappa shape index (κ3) is 3.64. The summed E-state index contributed by atoms with van der Waals surface area (Å²) in [4.78, 5) is 21.3. The summed E-state index contributed by atoms with van der Waals surface area (Å²) in [6.45, 7) is 1.97. The van der Waals surface area contributed by atoms with Crippen LogP contribution in [0.25, 0.3) is 22.2 Å². The van der Waals surface area contributed by atoms with E-state index in [2.05, 4.69) is 4.99 Å². The maximum absolute atomic E-state index is 12.9. The minimum Gasteiger partial charge on any atom is -0.493 e. The highest BCUT2D eigenvalue weighted by Gasteiger charge is 2.23. The average molecular weight is 394 g/mol. The number of aliphatic imine (C=N–C) groups is 1. The molecule has 0 spiro atoms. The Labute approximate surface area is 168 Å². The SMILES string of the molecule is COc1cc2nc(-c3ccccc3C)cc(C(=O)N=C(N)N)c2c(OC)c1OC. The molecule has 0 radical (unpaired) electrons. The second-order valence-electron chi connectivity index (χ2n) is 6.25. The van der Waals surface area contributed by atoms with Crippen molar-refractivity contribution in [2.45, 2.75) is 6.92 Å². The fourth-order valence-corrected chi connectivity index (χ4v) is 3.21. The van der Waals surface area contributed by atoms with E-state index in [0.29, 0.717) is 33.8 Å². The van der Waals surface area contributed by atoms with E-state index in [4.69, 9.17) is 30.7 Å². The second kappa shape index (κ2) is 8.05. The normalized spacial score (nSPS) is 10.5. The number of ether oxygens (including phenoxy) is 3. The first-order chi connectivity index (χ1) is 13.9. The summed E-state index contributed by atoms with van der Waals surface area (Å²) in [5.41, 5.74) is 14.1. The van der Waals surface area contributed by atoms with Crippen LogP contribution in [0.1, 0.15) is 15.9 Å². The fraction of sp³-hybridized carbons (Fsp3) is 0.190. The first-order valence-electron chi connectivity index (χ1n) is 8.75. The number of pyridine rings is 1. The third-order valence-electron chi connectivity index (χ3n) is 4.48. The molecule has 0 bridgehead atoms. The molecule has 0 atom stereocenters. The molecule has 0 saturated heterocycles. The van der Waals surface area contributed by atoms with Crippen LogP contribution in [0.3, 0.4) is 0 Å². The number of hydrogen-bond donors (Lipinski definition) is 2. The number of amides is 1. The van der Waals surface area contributed by atoms with E-state index in [1.54, 1.807) is 12.1 Å². The summed E-state index contributed by atoms with van der Waals surface area (Å²) in [6, 6.07) is 11.1. The van der Waals surface area contributed by atoms with Crippen LogP contribution in [0.2, 0.25) is 0 Å². The summed E-state index contributed by atoms with van der Waals surface area (Å²) in [6.07, 6.45) is 0. The van der Waals surface area contributed by atoms with E-state index in [-0.39, 0.29) is 11.5 Å². The van der Waals surface area contributed by atoms with Crippen LogP contribution in [0, 0.1) is 6.92 Å². The van der Waals surface area contributed by atoms with Gasteiger partial charge in [0.2, 0.25) is 5.75 Å². The Hall–Kier alpha value is -3.81. The van der Waals surface area contributed by atoms with Crippen LogP contribution in [-0.4, -0.2) is 38.2 Å². The number of carbonyl (C=O) groups is 1. The molecule has 2 aromatic carbocycles. The number of fused-ring (bicyclic) bond motifs is 1. The first-order valence-corrected chi connectivity index (χ1v) is 8.75. The third-order valence-corrected chi connectivity index (χ3v) is 4.48. The molecule has 8 heteroatoms. The molecule has 0 aliphatic heterocycles. The Balaban J connectivity index is 2.46. The molecule has 0 aliphatic rings. The number of nitrogens with zero attached hydrogens (tertiary/aromatic N) is 2. The summed E-state index contributed by atoms with van der Waals surface area (Å²) in [7, 11) is 4.47. The van der Waals surface area contributed by atoms with Gasteiger partial charge in [0.05, 0.1) is 43.5 Å². The van der Waals surface area contributed by atoms with E-state index in [9.17, 15) is 4.79 Å². The number of aromatic nitrogens is 1. The van der Waals surface area contributed by atoms with E-state index in [1.807, 2.05) is 31.2 Å². The van der Waals surface area contributed by atoms with Crippen molar-refractivity contribution in [1.82, 2.24) is 4.98 Å². The molecule has 29 heavy (non-hydrogen) atoms. The van der Waals surface area contributed by atoms with Gasteiger partial charge < -0.3 is 25.7 Å². The largest absolute Gasteiger partial charge is 0.493 e. The van der Waals surface area contributed by atoms with Crippen LogP contribution in [0.15, 0.2) is 41.4 Å². The van der Waals surface area contributed by atoms with Crippen LogP contribution >= 0.6 is 0 Å². The van der Waals surface area contributed by atoms with Crippen molar-refractivity contribution in [1.29, 1.82) is 0 Å². The average Bonchev–Trinajstić information content (AvgIpc) is 2.71. The molecule has 0 unspecified atom stereocenters. The zero-order valence-electron chi connectivity index (χ0n) is 16.6. The molecule has 3 rings (SSSR count). The highest BCUT2D eigenvalue weighted by Crippen LogP contribution is 2.45. The molecule has 4 N–H and O–H groups in total. The zero-order chi connectivity index (χ0) is 21.1. The molecule has 1 amide bonds. The van der Waals surface area contributed by atoms with Crippen molar-refractivity contribution in [3.63, 3.8) is 0 Å². The van der Waals surface area contributed by atoms with Crippen molar-refractivity contribution in [3.8, 4) is 28.5 Å². The van der Waals surface area contributed by atoms with Gasteiger partial charge in [-0.2, -0.15) is 4.99 Å². The van der Waals surface area contributed by atoms with Gasteiger partial charge in [0.15, 0.2) is 17.5 Å². The maximum atomic E-state index is 12.9. The van der Waals surface area contributed by atoms with Gasteiger partial charge in [-0.1, -0.05) is 24.3 Å². The van der Waals surface area contributed by atoms with E-state index in [1.165, 1.54) is 21.3 Å². The smallest absolute Gasteiger partial charge is 0.281 e. The molecule has 0 aliphatic carbocycles. The standard InChI is InChI=1S/C21H22N4O4/c1-11-7-5-6-8-12(11)14-9-13(20(26)25-21(22)23)17-15(24-14)10-16(27-2)18(28-3)19(17)29-4/h5-10H,1-4H3,(H4,22,23,25,26). The number of nitrogens with two attached hydrogens (primary N) is 2. The molecule has 0 saturated carbocycles. The predicted octanol–water partition coefficient (Wildman–Crippen LogP) is 2.65. The number of hydrogen-bond acceptors (Lipinski definition) is 5. The quantitative estimate of drug-likeness (QED) is 0.504. The topological polar surface area (TPSA) is 122 Å². The van der Waals surface area contributed by atoms with Gasteiger partial charge in [-0.3, -0.25) is 4.79 Å². The lowest BCUT2D eigenvalue weighted by molar-refractivity contribution is 0.100. The Bertz CT molecular complexity index is 1120. The van der Waals surface area contributed by atoms with Gasteiger partial charge in [0, 0.05) is 11.6 Å². The van der Waals surface area contributed by atoms with Crippen molar-refractivity contribution in [3.05, 3.63) is 47.5 Å². The van der Waals surface area contributed by atoms with Crippen LogP contribution in [0.4, 0.5) is 0 Å². The molecule has 1 aromatic heterocycles. The van der Waals surface area contributed by atoms with Crippen LogP contribution < -0.4 is 25.7 Å². The first kappa shape index (κ1) is 19.9. The van der Waals surface area contributed by atoms with Crippen molar-refractivity contribution in [2.24, 2.45) is 16.5 Å². The zero-order valence-corrected chi connectivity index (χ0v) is 16.6. The minimum absolute atomic E-state index is 0.236. The van der Waals surface area contributed by atoms with Gasteiger partial charge in [-0.15, -0.1) is 0 Å². The van der Waals surface area contributed by atoms with Gasteiger partial charge in [-0.05, 0) is 18.6 Å². The molecule has 1 heterocycles. The van der Waals surface area contributed by atoms with Crippen molar-refractivity contribution < 1.29 is 19.0 Å². The summed E-state index contributed by atoms with van der Waals surface area (Å²) >= 11 is 0. The van der Waals surface area contributed by atoms with Crippen LogP contribution in [-0.2, 0) is 0 Å². The number of benzene rings is 2.